The van der Waals surface area contributed by atoms with Crippen LogP contribution in [0.5, 0.6) is 0 Å². The molecule has 2 nitrogen and oxygen atoms in total. The first-order chi connectivity index (χ1) is 7.74. The average Bonchev–Trinajstić information content (AvgIpc) is 3.06. The molecule has 2 unspecified atom stereocenters. The maximum atomic E-state index is 9.54. The lowest BCUT2D eigenvalue weighted by molar-refractivity contribution is 0.0426. The second kappa shape index (κ2) is 9.00. The average molecular weight is 229 g/mol. The fourth-order valence-corrected chi connectivity index (χ4v) is 2.24. The van der Waals surface area contributed by atoms with Gasteiger partial charge in [-0.05, 0) is 31.1 Å². The van der Waals surface area contributed by atoms with E-state index in [0.29, 0.717) is 5.92 Å². The molecule has 0 bridgehead atoms. The first kappa shape index (κ1) is 15.9. The molecule has 1 saturated carbocycles. The Hall–Kier alpha value is -0.0800. The summed E-state index contributed by atoms with van der Waals surface area (Å²) in [5.74, 6) is 1.65. The molecule has 2 atom stereocenters. The van der Waals surface area contributed by atoms with Gasteiger partial charge in [0, 0.05) is 19.6 Å². The van der Waals surface area contributed by atoms with Gasteiger partial charge in [-0.15, -0.1) is 0 Å². The largest absolute Gasteiger partial charge is 0.392 e. The van der Waals surface area contributed by atoms with Crippen molar-refractivity contribution in [2.45, 2.75) is 60.0 Å². The summed E-state index contributed by atoms with van der Waals surface area (Å²) >= 11 is 0. The smallest absolute Gasteiger partial charge is 0.0670 e. The van der Waals surface area contributed by atoms with E-state index in [2.05, 4.69) is 11.8 Å². The number of hydrogen-bond donors (Lipinski definition) is 1. The highest BCUT2D eigenvalue weighted by atomic mass is 16.3. The van der Waals surface area contributed by atoms with Crippen molar-refractivity contribution >= 4 is 0 Å². The minimum absolute atomic E-state index is 0.0625. The minimum Gasteiger partial charge on any atom is -0.392 e. The molecule has 0 amide bonds. The third kappa shape index (κ3) is 6.49. The van der Waals surface area contributed by atoms with Crippen LogP contribution in [0.4, 0.5) is 0 Å². The first-order valence-electron chi connectivity index (χ1n) is 7.14. The van der Waals surface area contributed by atoms with E-state index < -0.39 is 0 Å². The van der Waals surface area contributed by atoms with Crippen molar-refractivity contribution in [3.8, 4) is 0 Å². The predicted octanol–water partition coefficient (Wildman–Crippen LogP) is 3.15. The zero-order valence-corrected chi connectivity index (χ0v) is 11.9. The molecule has 1 aliphatic heterocycles. The molecule has 1 heterocycles. The van der Waals surface area contributed by atoms with Gasteiger partial charge in [0.05, 0.1) is 6.10 Å². The molecular weight excluding hydrogens is 198 g/mol. The van der Waals surface area contributed by atoms with Crippen LogP contribution in [0.25, 0.3) is 0 Å². The number of hydrogen-bond acceptors (Lipinski definition) is 2. The van der Waals surface area contributed by atoms with Crippen LogP contribution in [0.2, 0.25) is 0 Å². The lowest BCUT2D eigenvalue weighted by atomic mass is 9.98. The first-order valence-corrected chi connectivity index (χ1v) is 7.14. The van der Waals surface area contributed by atoms with Crippen molar-refractivity contribution < 1.29 is 5.11 Å². The van der Waals surface area contributed by atoms with Gasteiger partial charge in [-0.2, -0.15) is 0 Å². The van der Waals surface area contributed by atoms with Crippen LogP contribution in [0.15, 0.2) is 0 Å². The van der Waals surface area contributed by atoms with E-state index in [1.54, 1.807) is 0 Å². The molecule has 1 N–H and O–H groups in total. The van der Waals surface area contributed by atoms with Gasteiger partial charge in [0.1, 0.15) is 0 Å². The summed E-state index contributed by atoms with van der Waals surface area (Å²) in [7, 11) is 0. The van der Waals surface area contributed by atoms with E-state index in [4.69, 9.17) is 0 Å². The fourth-order valence-electron chi connectivity index (χ4n) is 2.24. The number of rotatable bonds is 2. The lowest BCUT2D eigenvalue weighted by Crippen LogP contribution is -2.43. The van der Waals surface area contributed by atoms with Gasteiger partial charge in [0.25, 0.3) is 0 Å². The van der Waals surface area contributed by atoms with Crippen LogP contribution in [-0.2, 0) is 0 Å². The van der Waals surface area contributed by atoms with E-state index in [1.165, 1.54) is 25.9 Å². The van der Waals surface area contributed by atoms with Gasteiger partial charge >= 0.3 is 0 Å². The van der Waals surface area contributed by atoms with Gasteiger partial charge < -0.3 is 10.0 Å². The SMILES string of the molecule is CC.CC.CC1CC(O)CN(CC2CC2)C1. The maximum absolute atomic E-state index is 9.54. The number of piperidine rings is 1. The minimum atomic E-state index is -0.0625. The van der Waals surface area contributed by atoms with Gasteiger partial charge in [-0.1, -0.05) is 34.6 Å². The van der Waals surface area contributed by atoms with Crippen LogP contribution >= 0.6 is 0 Å². The number of likely N-dealkylation sites (tertiary alicyclic amines) is 1. The van der Waals surface area contributed by atoms with Crippen molar-refractivity contribution in [1.29, 1.82) is 0 Å². The van der Waals surface area contributed by atoms with Crippen LogP contribution in [0.3, 0.4) is 0 Å². The summed E-state index contributed by atoms with van der Waals surface area (Å²) in [4.78, 5) is 2.44. The summed E-state index contributed by atoms with van der Waals surface area (Å²) in [6.07, 6.45) is 3.77. The summed E-state index contributed by atoms with van der Waals surface area (Å²) in [5, 5.41) is 9.54. The second-order valence-corrected chi connectivity index (χ2v) is 4.66. The number of β-amino-alcohol motifs (C(OH)–C–C–N with tert-alkyl or cyclic N) is 1. The van der Waals surface area contributed by atoms with Crippen molar-refractivity contribution in [1.82, 2.24) is 4.90 Å². The van der Waals surface area contributed by atoms with E-state index in [-0.39, 0.29) is 6.10 Å². The standard InChI is InChI=1S/C10H19NO.2C2H6/c1-8-4-10(12)7-11(5-8)6-9-2-3-9;2*1-2/h8-10,12H,2-7H2,1H3;2*1-2H3. The Labute approximate surface area is 102 Å². The van der Waals surface area contributed by atoms with Gasteiger partial charge in [0.15, 0.2) is 0 Å². The molecule has 2 rings (SSSR count). The number of aliphatic hydroxyl groups is 1. The summed E-state index contributed by atoms with van der Waals surface area (Å²) in [6.45, 7) is 13.6. The van der Waals surface area contributed by atoms with E-state index in [9.17, 15) is 5.11 Å². The molecule has 2 aliphatic rings. The van der Waals surface area contributed by atoms with Crippen LogP contribution in [0.1, 0.15) is 53.9 Å². The van der Waals surface area contributed by atoms with Crippen molar-refractivity contribution in [3.05, 3.63) is 0 Å². The number of aliphatic hydroxyl groups excluding tert-OH is 1. The summed E-state index contributed by atoms with van der Waals surface area (Å²) in [5.41, 5.74) is 0. The predicted molar refractivity (Wildman–Crippen MR) is 71.6 cm³/mol. The van der Waals surface area contributed by atoms with Gasteiger partial charge in [0.2, 0.25) is 0 Å². The van der Waals surface area contributed by atoms with Crippen LogP contribution in [0, 0.1) is 11.8 Å². The monoisotopic (exact) mass is 229 g/mol. The lowest BCUT2D eigenvalue weighted by Gasteiger charge is -2.34. The Morgan fingerprint density at radius 3 is 2.06 bits per heavy atom. The third-order valence-electron chi connectivity index (χ3n) is 2.93. The van der Waals surface area contributed by atoms with E-state index >= 15 is 0 Å². The van der Waals surface area contributed by atoms with Crippen molar-refractivity contribution in [3.63, 3.8) is 0 Å². The topological polar surface area (TPSA) is 23.5 Å². The Bertz CT molecular complexity index is 144. The Balaban J connectivity index is 0.000000509. The van der Waals surface area contributed by atoms with Crippen molar-refractivity contribution in [2.75, 3.05) is 19.6 Å². The molecule has 1 saturated heterocycles. The quantitative estimate of drug-likeness (QED) is 0.786. The molecule has 16 heavy (non-hydrogen) atoms. The maximum Gasteiger partial charge on any atom is 0.0670 e. The Morgan fingerprint density at radius 1 is 1.06 bits per heavy atom. The normalized spacial score (nSPS) is 29.6. The fraction of sp³-hybridized carbons (Fsp3) is 1.00. The molecule has 0 aromatic heterocycles. The third-order valence-corrected chi connectivity index (χ3v) is 2.93. The zero-order valence-electron chi connectivity index (χ0n) is 11.9. The molecule has 0 aromatic rings. The molecule has 0 radical (unpaired) electrons. The van der Waals surface area contributed by atoms with Crippen LogP contribution in [-0.4, -0.2) is 35.7 Å². The van der Waals surface area contributed by atoms with Crippen molar-refractivity contribution in [2.24, 2.45) is 11.8 Å². The molecular formula is C14H31NO. The molecule has 0 spiro atoms. The van der Waals surface area contributed by atoms with E-state index in [1.807, 2.05) is 27.7 Å². The molecule has 2 heteroatoms. The zero-order chi connectivity index (χ0) is 12.6. The van der Waals surface area contributed by atoms with E-state index in [0.717, 1.165) is 18.9 Å². The highest BCUT2D eigenvalue weighted by molar-refractivity contribution is 4.82. The Morgan fingerprint density at radius 2 is 1.62 bits per heavy atom. The van der Waals surface area contributed by atoms with Gasteiger partial charge in [-0.3, -0.25) is 0 Å². The second-order valence-electron chi connectivity index (χ2n) is 4.66. The number of nitrogens with zero attached hydrogens (tertiary/aromatic N) is 1. The van der Waals surface area contributed by atoms with Crippen LogP contribution < -0.4 is 0 Å². The molecule has 98 valence electrons. The highest BCUT2D eigenvalue weighted by Gasteiger charge is 2.28. The summed E-state index contributed by atoms with van der Waals surface area (Å²) < 4.78 is 0. The molecule has 2 fully saturated rings. The van der Waals surface area contributed by atoms with Gasteiger partial charge in [-0.25, -0.2) is 0 Å². The molecule has 1 aliphatic carbocycles. The highest BCUT2D eigenvalue weighted by Crippen LogP contribution is 2.31. The Kier molecular flexibility index (Phi) is 8.96. The molecule has 0 aromatic carbocycles. The summed E-state index contributed by atoms with van der Waals surface area (Å²) in [6, 6.07) is 0.